The minimum absolute atomic E-state index is 0.267. The van der Waals surface area contributed by atoms with Crippen molar-refractivity contribution in [2.75, 3.05) is 0 Å². The number of hydrogen-bond acceptors (Lipinski definition) is 2. The van der Waals surface area contributed by atoms with E-state index < -0.39 is 5.41 Å². The van der Waals surface area contributed by atoms with Gasteiger partial charge < -0.3 is 10.2 Å². The van der Waals surface area contributed by atoms with Crippen molar-refractivity contribution < 1.29 is 10.2 Å². The normalized spacial score (nSPS) is 16.8. The number of aromatic hydroxyl groups is 2. The van der Waals surface area contributed by atoms with Crippen LogP contribution in [0.2, 0.25) is 0 Å². The number of hydrogen-bond donors (Lipinski definition) is 2. The highest BCUT2D eigenvalue weighted by molar-refractivity contribution is 5.82. The predicted octanol–water partition coefficient (Wildman–Crippen LogP) is 3.44. The second kappa shape index (κ2) is 3.29. The molecule has 1 spiro atoms. The first kappa shape index (κ1) is 10.4. The molecule has 0 radical (unpaired) electrons. The van der Waals surface area contributed by atoms with Gasteiger partial charge in [-0.15, -0.1) is 0 Å². The van der Waals surface area contributed by atoms with Crippen molar-refractivity contribution in [3.63, 3.8) is 0 Å². The maximum Gasteiger partial charge on any atom is 0.120 e. The summed E-state index contributed by atoms with van der Waals surface area (Å²) in [5, 5.41) is 20.4. The monoisotopic (exact) mass is 248 g/mol. The summed E-state index contributed by atoms with van der Waals surface area (Å²) in [6.07, 6.45) is 8.08. The van der Waals surface area contributed by atoms with Gasteiger partial charge in [-0.3, -0.25) is 0 Å². The van der Waals surface area contributed by atoms with E-state index in [-0.39, 0.29) is 11.5 Å². The van der Waals surface area contributed by atoms with Crippen LogP contribution in [-0.4, -0.2) is 10.2 Å². The third kappa shape index (κ3) is 1.16. The van der Waals surface area contributed by atoms with Crippen molar-refractivity contribution in [1.82, 2.24) is 0 Å². The molecular weight excluding hydrogens is 236 g/mol. The molecule has 0 saturated heterocycles. The van der Waals surface area contributed by atoms with E-state index in [1.165, 1.54) is 0 Å². The van der Waals surface area contributed by atoms with Crippen LogP contribution in [0, 0.1) is 0 Å². The van der Waals surface area contributed by atoms with E-state index in [0.717, 1.165) is 22.3 Å². The van der Waals surface area contributed by atoms with Crippen molar-refractivity contribution in [2.45, 2.75) is 5.41 Å². The van der Waals surface area contributed by atoms with Crippen molar-refractivity contribution in [1.29, 1.82) is 0 Å². The molecule has 2 nitrogen and oxygen atoms in total. The Bertz CT molecular complexity index is 688. The molecular formula is C17H12O2. The molecule has 0 bridgehead atoms. The smallest absolute Gasteiger partial charge is 0.120 e. The highest BCUT2D eigenvalue weighted by Gasteiger charge is 2.42. The van der Waals surface area contributed by atoms with Gasteiger partial charge >= 0.3 is 0 Å². The lowest BCUT2D eigenvalue weighted by molar-refractivity contribution is 0.453. The molecule has 0 aliphatic heterocycles. The van der Waals surface area contributed by atoms with Crippen LogP contribution >= 0.6 is 0 Å². The van der Waals surface area contributed by atoms with Crippen LogP contribution in [-0.2, 0) is 5.41 Å². The summed E-state index contributed by atoms with van der Waals surface area (Å²) in [7, 11) is 0. The molecule has 92 valence electrons. The highest BCUT2D eigenvalue weighted by Crippen LogP contribution is 2.53. The molecule has 0 aromatic heterocycles. The van der Waals surface area contributed by atoms with Gasteiger partial charge in [-0.1, -0.05) is 48.6 Å². The Morgan fingerprint density at radius 1 is 0.684 bits per heavy atom. The molecule has 2 aromatic rings. The molecule has 0 amide bonds. The lowest BCUT2D eigenvalue weighted by Crippen LogP contribution is -2.19. The SMILES string of the molecule is Oc1cccc2c1C1(C=C2)C=Cc2cccc(O)c21. The van der Waals surface area contributed by atoms with Gasteiger partial charge in [0.1, 0.15) is 11.5 Å². The average molecular weight is 248 g/mol. The number of phenolic OH excluding ortho intramolecular Hbond substituents is 2. The molecule has 0 atom stereocenters. The number of allylic oxidation sites excluding steroid dienone is 2. The van der Waals surface area contributed by atoms with Crippen LogP contribution in [0.3, 0.4) is 0 Å². The molecule has 2 heteroatoms. The Labute approximate surface area is 111 Å². The largest absolute Gasteiger partial charge is 0.508 e. The van der Waals surface area contributed by atoms with Crippen LogP contribution < -0.4 is 0 Å². The van der Waals surface area contributed by atoms with Crippen molar-refractivity contribution in [3.05, 3.63) is 70.8 Å². The molecule has 19 heavy (non-hydrogen) atoms. The number of rotatable bonds is 0. The molecule has 4 rings (SSSR count). The van der Waals surface area contributed by atoms with Crippen LogP contribution in [0.25, 0.3) is 12.2 Å². The second-order valence-corrected chi connectivity index (χ2v) is 5.02. The van der Waals surface area contributed by atoms with Gasteiger partial charge in [-0.2, -0.15) is 0 Å². The summed E-state index contributed by atoms with van der Waals surface area (Å²) >= 11 is 0. The van der Waals surface area contributed by atoms with Gasteiger partial charge in [0.15, 0.2) is 0 Å². The lowest BCUT2D eigenvalue weighted by Gasteiger charge is -2.25. The summed E-state index contributed by atoms with van der Waals surface area (Å²) in [5.74, 6) is 0.534. The van der Waals surface area contributed by atoms with Crippen LogP contribution in [0.15, 0.2) is 48.6 Å². The lowest BCUT2D eigenvalue weighted by atomic mass is 9.77. The van der Waals surface area contributed by atoms with Gasteiger partial charge in [0.2, 0.25) is 0 Å². The Kier molecular flexibility index (Phi) is 1.81. The maximum absolute atomic E-state index is 10.2. The molecule has 2 N–H and O–H groups in total. The molecule has 0 fully saturated rings. The van der Waals surface area contributed by atoms with E-state index in [4.69, 9.17) is 0 Å². The van der Waals surface area contributed by atoms with Crippen molar-refractivity contribution in [2.24, 2.45) is 0 Å². The van der Waals surface area contributed by atoms with Gasteiger partial charge in [-0.25, -0.2) is 0 Å². The first-order valence-corrected chi connectivity index (χ1v) is 6.26. The Morgan fingerprint density at radius 2 is 1.16 bits per heavy atom. The van der Waals surface area contributed by atoms with E-state index in [0.29, 0.717) is 0 Å². The molecule has 2 aromatic carbocycles. The zero-order chi connectivity index (χ0) is 13.0. The molecule has 0 heterocycles. The van der Waals surface area contributed by atoms with Crippen LogP contribution in [0.5, 0.6) is 11.5 Å². The van der Waals surface area contributed by atoms with Crippen LogP contribution in [0.1, 0.15) is 22.3 Å². The van der Waals surface area contributed by atoms with E-state index >= 15 is 0 Å². The third-order valence-corrected chi connectivity index (χ3v) is 4.03. The Balaban J connectivity index is 2.09. The number of fused-ring (bicyclic) bond motifs is 4. The maximum atomic E-state index is 10.2. The fraction of sp³-hybridized carbons (Fsp3) is 0.0588. The van der Waals surface area contributed by atoms with Gasteiger partial charge in [0, 0.05) is 11.1 Å². The van der Waals surface area contributed by atoms with Gasteiger partial charge in [0.05, 0.1) is 5.41 Å². The predicted molar refractivity (Wildman–Crippen MR) is 75.1 cm³/mol. The number of phenols is 2. The second-order valence-electron chi connectivity index (χ2n) is 5.02. The summed E-state index contributed by atoms with van der Waals surface area (Å²) < 4.78 is 0. The van der Waals surface area contributed by atoms with Gasteiger partial charge in [0.25, 0.3) is 0 Å². The summed E-state index contributed by atoms with van der Waals surface area (Å²) in [5.41, 5.74) is 3.18. The fourth-order valence-corrected chi connectivity index (χ4v) is 3.25. The summed E-state index contributed by atoms with van der Waals surface area (Å²) in [6, 6.07) is 11.0. The molecule has 2 aliphatic carbocycles. The van der Waals surface area contributed by atoms with E-state index in [2.05, 4.69) is 0 Å². The average Bonchev–Trinajstić information content (AvgIpc) is 2.96. The topological polar surface area (TPSA) is 40.5 Å². The Hall–Kier alpha value is -2.48. The van der Waals surface area contributed by atoms with Crippen LogP contribution in [0.4, 0.5) is 0 Å². The minimum Gasteiger partial charge on any atom is -0.508 e. The third-order valence-electron chi connectivity index (χ3n) is 4.03. The zero-order valence-electron chi connectivity index (χ0n) is 10.2. The zero-order valence-corrected chi connectivity index (χ0v) is 10.2. The van der Waals surface area contributed by atoms with E-state index in [1.54, 1.807) is 12.1 Å². The molecule has 2 aliphatic rings. The summed E-state index contributed by atoms with van der Waals surface area (Å²) in [4.78, 5) is 0. The van der Waals surface area contributed by atoms with Crippen molar-refractivity contribution in [3.8, 4) is 11.5 Å². The number of benzene rings is 2. The molecule has 0 unspecified atom stereocenters. The van der Waals surface area contributed by atoms with E-state index in [9.17, 15) is 10.2 Å². The van der Waals surface area contributed by atoms with Crippen molar-refractivity contribution >= 4 is 12.2 Å². The summed E-state index contributed by atoms with van der Waals surface area (Å²) in [6.45, 7) is 0. The molecule has 0 saturated carbocycles. The highest BCUT2D eigenvalue weighted by atomic mass is 16.3. The first-order chi connectivity index (χ1) is 9.22. The Morgan fingerprint density at radius 3 is 1.63 bits per heavy atom. The fourth-order valence-electron chi connectivity index (χ4n) is 3.25. The first-order valence-electron chi connectivity index (χ1n) is 6.26. The quantitative estimate of drug-likeness (QED) is 0.749. The van der Waals surface area contributed by atoms with Gasteiger partial charge in [-0.05, 0) is 23.3 Å². The standard InChI is InChI=1S/C17H12O2/c18-13-5-1-3-11-7-9-17(15(11)13)10-8-12-4-2-6-14(19)16(12)17/h1-10,18-19H. The van der Waals surface area contributed by atoms with E-state index in [1.807, 2.05) is 48.6 Å². The minimum atomic E-state index is -0.526.